The first-order valence-corrected chi connectivity index (χ1v) is 6.70. The topological polar surface area (TPSA) is 50.7 Å². The first-order valence-electron chi connectivity index (χ1n) is 6.70. The van der Waals surface area contributed by atoms with Crippen LogP contribution >= 0.6 is 0 Å². The summed E-state index contributed by atoms with van der Waals surface area (Å²) in [5.41, 5.74) is 2.99. The van der Waals surface area contributed by atoms with Crippen LogP contribution in [0.1, 0.15) is 11.1 Å². The van der Waals surface area contributed by atoms with Gasteiger partial charge in [0, 0.05) is 11.3 Å². The molecular formula is C17H18N2O2. The highest BCUT2D eigenvalue weighted by Crippen LogP contribution is 2.15. The van der Waals surface area contributed by atoms with Gasteiger partial charge < -0.3 is 10.1 Å². The van der Waals surface area contributed by atoms with E-state index in [-0.39, 0.29) is 12.5 Å². The zero-order chi connectivity index (χ0) is 15.1. The Hall–Kier alpha value is -2.62. The lowest BCUT2D eigenvalue weighted by Gasteiger charge is -2.12. The molecule has 0 amide bonds. The third-order valence-corrected chi connectivity index (χ3v) is 3.04. The van der Waals surface area contributed by atoms with Crippen LogP contribution < -0.4 is 5.32 Å². The van der Waals surface area contributed by atoms with E-state index in [4.69, 9.17) is 0 Å². The molecule has 0 bridgehead atoms. The lowest BCUT2D eigenvalue weighted by molar-refractivity contribution is -0.138. The van der Waals surface area contributed by atoms with Gasteiger partial charge in [0.05, 0.1) is 7.11 Å². The van der Waals surface area contributed by atoms with Gasteiger partial charge in [0.15, 0.2) is 0 Å². The van der Waals surface area contributed by atoms with Gasteiger partial charge in [0.1, 0.15) is 12.4 Å². The van der Waals surface area contributed by atoms with Crippen molar-refractivity contribution in [3.05, 3.63) is 65.7 Å². The van der Waals surface area contributed by atoms with Gasteiger partial charge in [0.25, 0.3) is 0 Å². The van der Waals surface area contributed by atoms with E-state index in [1.807, 2.05) is 61.5 Å². The van der Waals surface area contributed by atoms with E-state index in [0.717, 1.165) is 16.8 Å². The summed E-state index contributed by atoms with van der Waals surface area (Å²) in [5.74, 6) is 0.283. The second kappa shape index (κ2) is 7.24. The van der Waals surface area contributed by atoms with Gasteiger partial charge in [-0.15, -0.1) is 0 Å². The lowest BCUT2D eigenvalue weighted by Crippen LogP contribution is -2.17. The van der Waals surface area contributed by atoms with Crippen LogP contribution in [0.15, 0.2) is 59.6 Å². The molecule has 0 unspecified atom stereocenters. The van der Waals surface area contributed by atoms with Crippen LogP contribution in [0.4, 0.5) is 5.69 Å². The van der Waals surface area contributed by atoms with Crippen LogP contribution in [0, 0.1) is 6.92 Å². The van der Waals surface area contributed by atoms with Crippen LogP contribution in [0.5, 0.6) is 0 Å². The van der Waals surface area contributed by atoms with Gasteiger partial charge in [-0.3, -0.25) is 9.79 Å². The van der Waals surface area contributed by atoms with Crippen molar-refractivity contribution in [1.82, 2.24) is 0 Å². The molecule has 0 saturated heterocycles. The molecule has 2 aromatic carbocycles. The molecule has 0 heterocycles. The number of esters is 1. The molecule has 0 spiro atoms. The van der Waals surface area contributed by atoms with Gasteiger partial charge in [0.2, 0.25) is 0 Å². The molecule has 4 nitrogen and oxygen atoms in total. The Labute approximate surface area is 124 Å². The van der Waals surface area contributed by atoms with Gasteiger partial charge in [-0.2, -0.15) is 0 Å². The maximum atomic E-state index is 11.3. The standard InChI is InChI=1S/C17H18N2O2/c1-13-8-6-7-11-15(13)19-17(18-12-16(20)21-2)14-9-4-3-5-10-14/h3-11H,12H2,1-2H3,(H,18,19). The van der Waals surface area contributed by atoms with Crippen molar-refractivity contribution in [3.63, 3.8) is 0 Å². The van der Waals surface area contributed by atoms with Crippen molar-refractivity contribution in [3.8, 4) is 0 Å². The molecule has 0 aliphatic rings. The van der Waals surface area contributed by atoms with Crippen LogP contribution in [-0.2, 0) is 9.53 Å². The molecule has 108 valence electrons. The van der Waals surface area contributed by atoms with Gasteiger partial charge in [-0.05, 0) is 18.6 Å². The van der Waals surface area contributed by atoms with Gasteiger partial charge >= 0.3 is 5.97 Å². The average Bonchev–Trinajstić information content (AvgIpc) is 2.53. The van der Waals surface area contributed by atoms with E-state index in [9.17, 15) is 4.79 Å². The summed E-state index contributed by atoms with van der Waals surface area (Å²) in [5, 5.41) is 3.29. The first-order chi connectivity index (χ1) is 10.2. The zero-order valence-electron chi connectivity index (χ0n) is 12.2. The van der Waals surface area contributed by atoms with Crippen LogP contribution in [0.3, 0.4) is 0 Å². The maximum absolute atomic E-state index is 11.3. The van der Waals surface area contributed by atoms with E-state index in [2.05, 4.69) is 15.0 Å². The van der Waals surface area contributed by atoms with E-state index in [0.29, 0.717) is 5.84 Å². The normalized spacial score (nSPS) is 11.0. The highest BCUT2D eigenvalue weighted by molar-refractivity contribution is 6.09. The molecule has 0 atom stereocenters. The molecule has 0 saturated carbocycles. The molecule has 0 aliphatic carbocycles. The summed E-state index contributed by atoms with van der Waals surface area (Å²) < 4.78 is 4.64. The maximum Gasteiger partial charge on any atom is 0.327 e. The molecule has 0 fully saturated rings. The van der Waals surface area contributed by atoms with E-state index >= 15 is 0 Å². The average molecular weight is 282 g/mol. The molecule has 2 rings (SSSR count). The Morgan fingerprint density at radius 2 is 1.76 bits per heavy atom. The Morgan fingerprint density at radius 1 is 1.10 bits per heavy atom. The number of hydrogen-bond donors (Lipinski definition) is 1. The number of amidine groups is 1. The summed E-state index contributed by atoms with van der Waals surface area (Å²) >= 11 is 0. The number of aliphatic imine (C=N–C) groups is 1. The molecule has 1 N–H and O–H groups in total. The molecule has 0 aromatic heterocycles. The number of para-hydroxylation sites is 1. The third kappa shape index (κ3) is 4.18. The number of hydrogen-bond acceptors (Lipinski definition) is 3. The number of carbonyl (C=O) groups excluding carboxylic acids is 1. The number of nitrogens with zero attached hydrogens (tertiary/aromatic N) is 1. The SMILES string of the molecule is COC(=O)CN=C(Nc1ccccc1C)c1ccccc1. The number of nitrogens with one attached hydrogen (secondary N) is 1. The summed E-state index contributed by atoms with van der Waals surface area (Å²) in [6.45, 7) is 2.00. The molecule has 21 heavy (non-hydrogen) atoms. The molecule has 2 aromatic rings. The highest BCUT2D eigenvalue weighted by Gasteiger charge is 2.07. The number of rotatable bonds is 4. The van der Waals surface area contributed by atoms with Crippen molar-refractivity contribution in [2.24, 2.45) is 4.99 Å². The van der Waals surface area contributed by atoms with E-state index in [1.165, 1.54) is 7.11 Å². The minimum Gasteiger partial charge on any atom is -0.468 e. The predicted molar refractivity (Wildman–Crippen MR) is 84.7 cm³/mol. The van der Waals surface area contributed by atoms with Crippen molar-refractivity contribution < 1.29 is 9.53 Å². The predicted octanol–water partition coefficient (Wildman–Crippen LogP) is 3.03. The summed E-state index contributed by atoms with van der Waals surface area (Å²) in [7, 11) is 1.36. The van der Waals surface area contributed by atoms with Crippen LogP contribution in [0.2, 0.25) is 0 Å². The molecular weight excluding hydrogens is 264 g/mol. The second-order valence-electron chi connectivity index (χ2n) is 4.55. The number of benzene rings is 2. The number of aryl methyl sites for hydroxylation is 1. The minimum absolute atomic E-state index is 0.0143. The fourth-order valence-corrected chi connectivity index (χ4v) is 1.85. The summed E-state index contributed by atoms with van der Waals surface area (Å²) in [4.78, 5) is 15.6. The van der Waals surface area contributed by atoms with Crippen LogP contribution in [-0.4, -0.2) is 25.5 Å². The second-order valence-corrected chi connectivity index (χ2v) is 4.55. The Bertz CT molecular complexity index is 636. The highest BCUT2D eigenvalue weighted by atomic mass is 16.5. The van der Waals surface area contributed by atoms with Crippen molar-refractivity contribution >= 4 is 17.5 Å². The molecule has 4 heteroatoms. The smallest absolute Gasteiger partial charge is 0.327 e. The van der Waals surface area contributed by atoms with Crippen LogP contribution in [0.25, 0.3) is 0 Å². The molecule has 0 aliphatic heterocycles. The summed E-state index contributed by atoms with van der Waals surface area (Å²) in [6.07, 6.45) is 0. The zero-order valence-corrected chi connectivity index (χ0v) is 12.2. The van der Waals surface area contributed by atoms with Crippen molar-refractivity contribution in [2.75, 3.05) is 19.0 Å². The quantitative estimate of drug-likeness (QED) is 0.533. The number of methoxy groups -OCH3 is 1. The lowest BCUT2D eigenvalue weighted by atomic mass is 10.1. The van der Waals surface area contributed by atoms with Gasteiger partial charge in [-0.1, -0.05) is 48.5 Å². The fourth-order valence-electron chi connectivity index (χ4n) is 1.85. The van der Waals surface area contributed by atoms with Crippen molar-refractivity contribution in [1.29, 1.82) is 0 Å². The third-order valence-electron chi connectivity index (χ3n) is 3.04. The Morgan fingerprint density at radius 3 is 2.43 bits per heavy atom. The Balaban J connectivity index is 2.28. The van der Waals surface area contributed by atoms with E-state index in [1.54, 1.807) is 0 Å². The first kappa shape index (κ1) is 14.8. The minimum atomic E-state index is -0.366. The number of anilines is 1. The number of carbonyl (C=O) groups is 1. The van der Waals surface area contributed by atoms with Gasteiger partial charge in [-0.25, -0.2) is 0 Å². The van der Waals surface area contributed by atoms with E-state index < -0.39 is 0 Å². The fraction of sp³-hybridized carbons (Fsp3) is 0.176. The largest absolute Gasteiger partial charge is 0.468 e. The monoisotopic (exact) mass is 282 g/mol. The summed E-state index contributed by atoms with van der Waals surface area (Å²) in [6, 6.07) is 17.6. The van der Waals surface area contributed by atoms with Crippen molar-refractivity contribution in [2.45, 2.75) is 6.92 Å². The Kier molecular flexibility index (Phi) is 5.10. The molecule has 0 radical (unpaired) electrons. The number of ether oxygens (including phenoxy) is 1.